The number of methoxy groups -OCH3 is 1. The van der Waals surface area contributed by atoms with E-state index in [1.54, 1.807) is 10.9 Å². The summed E-state index contributed by atoms with van der Waals surface area (Å²) in [7, 11) is 0.391. The van der Waals surface area contributed by atoms with Crippen molar-refractivity contribution in [3.63, 3.8) is 0 Å². The molecule has 1 aliphatic rings. The average molecular weight is 330 g/mol. The molecule has 3 heterocycles. The standard InChI is InChI=1S/C15H14N4O3S/c1-21-15-13-14(16-8-17-15)19(9-18-13)12-7-23(20)11-5-3-2-4-10(11)6-22-12/h2-5,8-9,12H,6-7H2,1H3. The van der Waals surface area contributed by atoms with Crippen LogP contribution in [0.5, 0.6) is 5.88 Å². The highest BCUT2D eigenvalue weighted by molar-refractivity contribution is 7.85. The minimum absolute atomic E-state index is 0.342. The van der Waals surface area contributed by atoms with Crippen LogP contribution in [0.3, 0.4) is 0 Å². The highest BCUT2D eigenvalue weighted by atomic mass is 32.2. The molecule has 2 aromatic heterocycles. The molecule has 0 fully saturated rings. The fourth-order valence-electron chi connectivity index (χ4n) is 2.65. The lowest BCUT2D eigenvalue weighted by atomic mass is 10.2. The summed E-state index contributed by atoms with van der Waals surface area (Å²) >= 11 is 0. The Morgan fingerprint density at radius 2 is 2.17 bits per heavy atom. The SMILES string of the molecule is COc1ncnc2c1ncn2C1CS(=O)c2ccccc2CO1. The Balaban J connectivity index is 1.74. The van der Waals surface area contributed by atoms with Gasteiger partial charge in [0.25, 0.3) is 0 Å². The van der Waals surface area contributed by atoms with Crippen LogP contribution in [0.1, 0.15) is 11.8 Å². The van der Waals surface area contributed by atoms with Crippen molar-refractivity contribution in [3.8, 4) is 5.88 Å². The molecule has 0 saturated carbocycles. The van der Waals surface area contributed by atoms with Gasteiger partial charge in [-0.3, -0.25) is 8.78 Å². The second kappa shape index (κ2) is 5.71. The number of nitrogens with zero attached hydrogens (tertiary/aromatic N) is 4. The highest BCUT2D eigenvalue weighted by Gasteiger charge is 2.25. The third-order valence-electron chi connectivity index (χ3n) is 3.77. The van der Waals surface area contributed by atoms with Gasteiger partial charge >= 0.3 is 0 Å². The van der Waals surface area contributed by atoms with Crippen LogP contribution in [-0.4, -0.2) is 36.6 Å². The number of ether oxygens (including phenoxy) is 2. The third kappa shape index (κ3) is 2.40. The van der Waals surface area contributed by atoms with Gasteiger partial charge in [0, 0.05) is 4.90 Å². The first-order valence-corrected chi connectivity index (χ1v) is 8.39. The predicted octanol–water partition coefficient (Wildman–Crippen LogP) is 1.67. The zero-order chi connectivity index (χ0) is 15.8. The highest BCUT2D eigenvalue weighted by Crippen LogP contribution is 2.28. The van der Waals surface area contributed by atoms with E-state index >= 15 is 0 Å². The summed E-state index contributed by atoms with van der Waals surface area (Å²) < 4.78 is 25.5. The number of imidazole rings is 1. The molecule has 2 atom stereocenters. The molecule has 1 aromatic carbocycles. The summed E-state index contributed by atoms with van der Waals surface area (Å²) in [5.74, 6) is 0.751. The molecule has 0 aliphatic carbocycles. The molecule has 23 heavy (non-hydrogen) atoms. The molecule has 0 saturated heterocycles. The minimum Gasteiger partial charge on any atom is -0.479 e. The lowest BCUT2D eigenvalue weighted by molar-refractivity contribution is 0.0104. The largest absolute Gasteiger partial charge is 0.479 e. The van der Waals surface area contributed by atoms with Crippen LogP contribution in [0.15, 0.2) is 41.8 Å². The molecule has 0 N–H and O–H groups in total. The van der Waals surface area contributed by atoms with Gasteiger partial charge in [-0.15, -0.1) is 0 Å². The fraction of sp³-hybridized carbons (Fsp3) is 0.267. The van der Waals surface area contributed by atoms with E-state index in [0.717, 1.165) is 10.5 Å². The number of aromatic nitrogens is 4. The molecule has 1 aliphatic heterocycles. The molecule has 0 radical (unpaired) electrons. The average Bonchev–Trinajstić information content (AvgIpc) is 2.95. The quantitative estimate of drug-likeness (QED) is 0.711. The van der Waals surface area contributed by atoms with Gasteiger partial charge in [0.1, 0.15) is 12.6 Å². The summed E-state index contributed by atoms with van der Waals surface area (Å²) in [6, 6.07) is 7.63. The fourth-order valence-corrected chi connectivity index (χ4v) is 3.99. The van der Waals surface area contributed by atoms with Gasteiger partial charge in [-0.25, -0.2) is 9.97 Å². The molecule has 2 unspecified atom stereocenters. The molecular formula is C15H14N4O3S. The van der Waals surface area contributed by atoms with Crippen molar-refractivity contribution in [2.75, 3.05) is 12.9 Å². The molecule has 0 amide bonds. The van der Waals surface area contributed by atoms with Crippen molar-refractivity contribution < 1.29 is 13.7 Å². The number of hydrogen-bond acceptors (Lipinski definition) is 6. The maximum absolute atomic E-state index is 12.6. The lowest BCUT2D eigenvalue weighted by Gasteiger charge is -2.16. The molecule has 0 spiro atoms. The Kier molecular flexibility index (Phi) is 3.55. The van der Waals surface area contributed by atoms with Crippen molar-refractivity contribution in [3.05, 3.63) is 42.5 Å². The summed E-state index contributed by atoms with van der Waals surface area (Å²) in [5, 5.41) is 0. The van der Waals surface area contributed by atoms with Gasteiger partial charge in [-0.05, 0) is 11.6 Å². The summed E-state index contributed by atoms with van der Waals surface area (Å²) in [6.07, 6.45) is 2.63. The van der Waals surface area contributed by atoms with Gasteiger partial charge < -0.3 is 9.47 Å². The maximum Gasteiger partial charge on any atom is 0.245 e. The van der Waals surface area contributed by atoms with E-state index in [4.69, 9.17) is 9.47 Å². The van der Waals surface area contributed by atoms with E-state index in [1.165, 1.54) is 13.4 Å². The monoisotopic (exact) mass is 330 g/mol. The van der Waals surface area contributed by atoms with Gasteiger partial charge in [-0.1, -0.05) is 18.2 Å². The minimum atomic E-state index is -1.15. The Hall–Kier alpha value is -2.32. The molecule has 118 valence electrons. The van der Waals surface area contributed by atoms with Gasteiger partial charge in [-0.2, -0.15) is 4.98 Å². The van der Waals surface area contributed by atoms with Crippen LogP contribution < -0.4 is 4.74 Å². The van der Waals surface area contributed by atoms with Crippen LogP contribution in [0.4, 0.5) is 0 Å². The molecule has 0 bridgehead atoms. The molecule has 3 aromatic rings. The normalized spacial score (nSPS) is 20.9. The Morgan fingerprint density at radius 1 is 1.30 bits per heavy atom. The van der Waals surface area contributed by atoms with Crippen molar-refractivity contribution >= 4 is 22.0 Å². The Morgan fingerprint density at radius 3 is 3.04 bits per heavy atom. The third-order valence-corrected chi connectivity index (χ3v) is 5.25. The first kappa shape index (κ1) is 14.3. The van der Waals surface area contributed by atoms with Crippen molar-refractivity contribution in [2.24, 2.45) is 0 Å². The lowest BCUT2D eigenvalue weighted by Crippen LogP contribution is -2.17. The first-order valence-electron chi connectivity index (χ1n) is 7.07. The van der Waals surface area contributed by atoms with Crippen LogP contribution >= 0.6 is 0 Å². The van der Waals surface area contributed by atoms with Crippen LogP contribution in [0, 0.1) is 0 Å². The smallest absolute Gasteiger partial charge is 0.245 e. The van der Waals surface area contributed by atoms with E-state index in [2.05, 4.69) is 15.0 Å². The Labute approximate surface area is 134 Å². The predicted molar refractivity (Wildman–Crippen MR) is 83.4 cm³/mol. The van der Waals surface area contributed by atoms with Crippen molar-refractivity contribution in [1.29, 1.82) is 0 Å². The zero-order valence-electron chi connectivity index (χ0n) is 12.4. The van der Waals surface area contributed by atoms with Crippen molar-refractivity contribution in [2.45, 2.75) is 17.7 Å². The molecule has 7 nitrogen and oxygen atoms in total. The number of rotatable bonds is 2. The Bertz CT molecular complexity index is 895. The van der Waals surface area contributed by atoms with Crippen LogP contribution in [-0.2, 0) is 22.1 Å². The van der Waals surface area contributed by atoms with E-state index in [0.29, 0.717) is 29.4 Å². The molecule has 4 rings (SSSR count). The van der Waals surface area contributed by atoms with E-state index in [-0.39, 0.29) is 0 Å². The molecular weight excluding hydrogens is 316 g/mol. The second-order valence-electron chi connectivity index (χ2n) is 5.09. The van der Waals surface area contributed by atoms with E-state index in [1.807, 2.05) is 24.3 Å². The van der Waals surface area contributed by atoms with E-state index < -0.39 is 17.0 Å². The number of fused-ring (bicyclic) bond motifs is 2. The second-order valence-corrected chi connectivity index (χ2v) is 6.56. The summed E-state index contributed by atoms with van der Waals surface area (Å²) in [6.45, 7) is 0.397. The number of hydrogen-bond donors (Lipinski definition) is 0. The topological polar surface area (TPSA) is 79.1 Å². The van der Waals surface area contributed by atoms with Crippen LogP contribution in [0.2, 0.25) is 0 Å². The van der Waals surface area contributed by atoms with Crippen molar-refractivity contribution in [1.82, 2.24) is 19.5 Å². The molecule has 8 heteroatoms. The number of benzene rings is 1. The van der Waals surface area contributed by atoms with E-state index in [9.17, 15) is 4.21 Å². The summed E-state index contributed by atoms with van der Waals surface area (Å²) in [5.41, 5.74) is 2.11. The van der Waals surface area contributed by atoms with Gasteiger partial charge in [0.2, 0.25) is 5.88 Å². The van der Waals surface area contributed by atoms with Gasteiger partial charge in [0.05, 0.1) is 36.6 Å². The first-order chi connectivity index (χ1) is 11.3. The van der Waals surface area contributed by atoms with Crippen LogP contribution in [0.25, 0.3) is 11.2 Å². The van der Waals surface area contributed by atoms with Gasteiger partial charge in [0.15, 0.2) is 11.2 Å². The zero-order valence-corrected chi connectivity index (χ0v) is 13.2. The summed E-state index contributed by atoms with van der Waals surface area (Å²) in [4.78, 5) is 13.4. The maximum atomic E-state index is 12.6.